The van der Waals surface area contributed by atoms with Gasteiger partial charge in [0.1, 0.15) is 0 Å². The van der Waals surface area contributed by atoms with Gasteiger partial charge in [0, 0.05) is 32.7 Å². The number of urea groups is 1. The van der Waals surface area contributed by atoms with Crippen molar-refractivity contribution in [3.8, 4) is 5.75 Å². The normalized spacial score (nSPS) is 15.0. The second kappa shape index (κ2) is 8.38. The molecule has 1 N–H and O–H groups in total. The Hall–Kier alpha value is -2.31. The van der Waals surface area contributed by atoms with Gasteiger partial charge >= 0.3 is 6.03 Å². The lowest BCUT2D eigenvalue weighted by Crippen LogP contribution is -2.54. The average Bonchev–Trinajstić information content (AvgIpc) is 2.59. The Labute approximate surface area is 154 Å². The molecular formula is C19H28FN3O3. The predicted molar refractivity (Wildman–Crippen MR) is 97.7 cm³/mol. The van der Waals surface area contributed by atoms with Crippen LogP contribution in [0.1, 0.15) is 26.3 Å². The first kappa shape index (κ1) is 20.0. The summed E-state index contributed by atoms with van der Waals surface area (Å²) < 4.78 is 18.6. The first-order valence-corrected chi connectivity index (χ1v) is 8.82. The van der Waals surface area contributed by atoms with E-state index in [0.29, 0.717) is 38.3 Å². The van der Waals surface area contributed by atoms with Crippen LogP contribution in [0.4, 0.5) is 9.18 Å². The smallest absolute Gasteiger partial charge is 0.317 e. The van der Waals surface area contributed by atoms with Crippen molar-refractivity contribution in [2.45, 2.75) is 27.2 Å². The molecule has 0 atom stereocenters. The Morgan fingerprint density at radius 2 is 1.77 bits per heavy atom. The van der Waals surface area contributed by atoms with Gasteiger partial charge in [-0.25, -0.2) is 9.18 Å². The van der Waals surface area contributed by atoms with E-state index < -0.39 is 5.82 Å². The number of piperazine rings is 1. The fraction of sp³-hybridized carbons (Fsp3) is 0.579. The second-order valence-corrected chi connectivity index (χ2v) is 7.73. The van der Waals surface area contributed by atoms with Crippen LogP contribution in [0, 0.1) is 11.2 Å². The molecular weight excluding hydrogens is 337 g/mol. The van der Waals surface area contributed by atoms with Crippen LogP contribution >= 0.6 is 0 Å². The Balaban J connectivity index is 1.82. The summed E-state index contributed by atoms with van der Waals surface area (Å²) in [5, 5.41) is 2.92. The fourth-order valence-corrected chi connectivity index (χ4v) is 2.72. The maximum Gasteiger partial charge on any atom is 0.317 e. The monoisotopic (exact) mass is 365 g/mol. The lowest BCUT2D eigenvalue weighted by molar-refractivity contribution is -0.131. The van der Waals surface area contributed by atoms with Crippen LogP contribution in [0.5, 0.6) is 5.75 Å². The number of methoxy groups -OCH3 is 1. The summed E-state index contributed by atoms with van der Waals surface area (Å²) in [6.07, 6.45) is 0.136. The molecule has 1 heterocycles. The number of benzene rings is 1. The van der Waals surface area contributed by atoms with Gasteiger partial charge < -0.3 is 19.9 Å². The van der Waals surface area contributed by atoms with Crippen LogP contribution in [-0.4, -0.2) is 61.6 Å². The minimum Gasteiger partial charge on any atom is -0.494 e. The molecule has 1 aromatic rings. The zero-order valence-corrected chi connectivity index (χ0v) is 16.0. The number of ether oxygens (including phenoxy) is 1. The summed E-state index contributed by atoms with van der Waals surface area (Å²) in [5.41, 5.74) is 0.639. The third-order valence-electron chi connectivity index (χ3n) is 4.26. The summed E-state index contributed by atoms with van der Waals surface area (Å²) in [6.45, 7) is 8.76. The molecule has 2 rings (SSSR count). The quantitative estimate of drug-likeness (QED) is 0.890. The molecule has 1 saturated heterocycles. The molecule has 26 heavy (non-hydrogen) atoms. The molecule has 0 aromatic heterocycles. The van der Waals surface area contributed by atoms with Gasteiger partial charge in [0.2, 0.25) is 5.91 Å². The molecule has 0 saturated carbocycles. The van der Waals surface area contributed by atoms with Gasteiger partial charge in [-0.3, -0.25) is 4.79 Å². The number of carbonyl (C=O) groups is 2. The Bertz CT molecular complexity index is 650. The number of nitrogens with zero attached hydrogens (tertiary/aromatic N) is 2. The van der Waals surface area contributed by atoms with E-state index in [2.05, 4.69) is 26.1 Å². The Morgan fingerprint density at radius 1 is 1.15 bits per heavy atom. The average molecular weight is 365 g/mol. The minimum atomic E-state index is -0.474. The first-order chi connectivity index (χ1) is 12.2. The van der Waals surface area contributed by atoms with Crippen LogP contribution in [0.2, 0.25) is 0 Å². The van der Waals surface area contributed by atoms with E-state index >= 15 is 0 Å². The van der Waals surface area contributed by atoms with Gasteiger partial charge in [-0.05, 0) is 23.1 Å². The highest BCUT2D eigenvalue weighted by atomic mass is 19.1. The summed E-state index contributed by atoms with van der Waals surface area (Å²) in [4.78, 5) is 28.0. The van der Waals surface area contributed by atoms with Gasteiger partial charge in [0.15, 0.2) is 11.6 Å². The molecule has 0 unspecified atom stereocenters. The van der Waals surface area contributed by atoms with Crippen molar-refractivity contribution in [1.82, 2.24) is 15.1 Å². The van der Waals surface area contributed by atoms with Crippen molar-refractivity contribution in [3.63, 3.8) is 0 Å². The summed E-state index contributed by atoms with van der Waals surface area (Å²) in [6, 6.07) is 4.45. The molecule has 0 spiro atoms. The number of nitrogens with one attached hydrogen (secondary N) is 1. The highest BCUT2D eigenvalue weighted by molar-refractivity contribution is 5.79. The standard InChI is InChI=1S/C19H28FN3O3/c1-19(2,3)13-21-18(25)23-9-7-22(8-10-23)17(24)12-14-5-6-16(26-4)15(20)11-14/h5-6,11H,7-10,12-13H2,1-4H3,(H,21,25). The SMILES string of the molecule is COc1ccc(CC(=O)N2CCN(C(=O)NCC(C)(C)C)CC2)cc1F. The fourth-order valence-electron chi connectivity index (χ4n) is 2.72. The highest BCUT2D eigenvalue weighted by Gasteiger charge is 2.25. The van der Waals surface area contributed by atoms with Crippen molar-refractivity contribution in [3.05, 3.63) is 29.6 Å². The Kier molecular flexibility index (Phi) is 6.45. The van der Waals surface area contributed by atoms with Crippen molar-refractivity contribution in [2.75, 3.05) is 39.8 Å². The number of amides is 3. The second-order valence-electron chi connectivity index (χ2n) is 7.73. The van der Waals surface area contributed by atoms with E-state index in [0.717, 1.165) is 0 Å². The third kappa shape index (κ3) is 5.61. The number of carbonyl (C=O) groups excluding carboxylic acids is 2. The van der Waals surface area contributed by atoms with Crippen LogP contribution < -0.4 is 10.1 Å². The largest absolute Gasteiger partial charge is 0.494 e. The van der Waals surface area contributed by atoms with Gasteiger partial charge in [0.25, 0.3) is 0 Å². The molecule has 1 aromatic carbocycles. The number of rotatable bonds is 4. The summed E-state index contributed by atoms with van der Waals surface area (Å²) >= 11 is 0. The molecule has 0 aliphatic carbocycles. The van der Waals surface area contributed by atoms with Crippen molar-refractivity contribution in [1.29, 1.82) is 0 Å². The van der Waals surface area contributed by atoms with Crippen molar-refractivity contribution >= 4 is 11.9 Å². The molecule has 1 aliphatic rings. The van der Waals surface area contributed by atoms with Crippen molar-refractivity contribution < 1.29 is 18.7 Å². The van der Waals surface area contributed by atoms with E-state index in [1.54, 1.807) is 15.9 Å². The Morgan fingerprint density at radius 3 is 2.31 bits per heavy atom. The van der Waals surface area contributed by atoms with Gasteiger partial charge in [-0.2, -0.15) is 0 Å². The zero-order chi connectivity index (χ0) is 19.3. The number of hydrogen-bond donors (Lipinski definition) is 1. The van der Waals surface area contributed by atoms with Crippen LogP contribution in [0.3, 0.4) is 0 Å². The zero-order valence-electron chi connectivity index (χ0n) is 16.0. The molecule has 0 bridgehead atoms. The lowest BCUT2D eigenvalue weighted by Gasteiger charge is -2.35. The number of hydrogen-bond acceptors (Lipinski definition) is 3. The van der Waals surface area contributed by atoms with Crippen LogP contribution in [0.25, 0.3) is 0 Å². The highest BCUT2D eigenvalue weighted by Crippen LogP contribution is 2.18. The minimum absolute atomic E-state index is 0.0289. The maximum absolute atomic E-state index is 13.7. The van der Waals surface area contributed by atoms with Crippen molar-refractivity contribution in [2.24, 2.45) is 5.41 Å². The lowest BCUT2D eigenvalue weighted by atomic mass is 9.97. The molecule has 7 heteroatoms. The van der Waals surface area contributed by atoms with Crippen LogP contribution in [-0.2, 0) is 11.2 Å². The predicted octanol–water partition coefficient (Wildman–Crippen LogP) is 2.28. The number of halogens is 1. The van der Waals surface area contributed by atoms with E-state index in [9.17, 15) is 14.0 Å². The molecule has 3 amide bonds. The summed E-state index contributed by atoms with van der Waals surface area (Å²) in [7, 11) is 1.40. The summed E-state index contributed by atoms with van der Waals surface area (Å²) in [5.74, 6) is -0.376. The molecule has 144 valence electrons. The molecule has 1 aliphatic heterocycles. The van der Waals surface area contributed by atoms with E-state index in [4.69, 9.17) is 4.74 Å². The molecule has 6 nitrogen and oxygen atoms in total. The third-order valence-corrected chi connectivity index (χ3v) is 4.26. The maximum atomic E-state index is 13.7. The van der Waals surface area contributed by atoms with Gasteiger partial charge in [0.05, 0.1) is 13.5 Å². The molecule has 1 fully saturated rings. The topological polar surface area (TPSA) is 61.9 Å². The first-order valence-electron chi connectivity index (χ1n) is 8.82. The molecule has 0 radical (unpaired) electrons. The van der Waals surface area contributed by atoms with E-state index in [-0.39, 0.29) is 29.5 Å². The van der Waals surface area contributed by atoms with Gasteiger partial charge in [-0.1, -0.05) is 26.8 Å². The van der Waals surface area contributed by atoms with E-state index in [1.165, 1.54) is 19.2 Å². The van der Waals surface area contributed by atoms with Gasteiger partial charge in [-0.15, -0.1) is 0 Å². The van der Waals surface area contributed by atoms with E-state index in [1.807, 2.05) is 0 Å². The van der Waals surface area contributed by atoms with Crippen LogP contribution in [0.15, 0.2) is 18.2 Å².